The Bertz CT molecular complexity index is 595. The Morgan fingerprint density at radius 1 is 1.00 bits per heavy atom. The second-order valence-corrected chi connectivity index (χ2v) is 5.78. The lowest BCUT2D eigenvalue weighted by Gasteiger charge is -2.33. The Labute approximate surface area is 132 Å². The zero-order chi connectivity index (χ0) is 15.2. The molecule has 3 heteroatoms. The molecule has 1 unspecified atom stereocenters. The second-order valence-electron chi connectivity index (χ2n) is 5.78. The molecule has 3 rings (SSSR count). The number of carbonyl (C=O) groups excluding carboxylic acids is 1. The van der Waals surface area contributed by atoms with Gasteiger partial charge in [-0.15, -0.1) is 0 Å². The first-order valence-corrected chi connectivity index (χ1v) is 7.97. The molecule has 0 saturated carbocycles. The van der Waals surface area contributed by atoms with E-state index in [0.717, 1.165) is 32.4 Å². The summed E-state index contributed by atoms with van der Waals surface area (Å²) in [4.78, 5) is 14.2. The van der Waals surface area contributed by atoms with E-state index in [4.69, 9.17) is 0 Å². The predicted octanol–water partition coefficient (Wildman–Crippen LogP) is 3.78. The Balaban J connectivity index is 1.48. The molecule has 2 amide bonds. The minimum atomic E-state index is 0.0631. The molecule has 1 aliphatic rings. The normalized spacial score (nSPS) is 18.1. The maximum Gasteiger partial charge on any atom is 0.317 e. The van der Waals surface area contributed by atoms with E-state index in [1.54, 1.807) is 0 Å². The molecule has 1 fully saturated rings. The molecule has 114 valence electrons. The van der Waals surface area contributed by atoms with Gasteiger partial charge < -0.3 is 10.2 Å². The van der Waals surface area contributed by atoms with Gasteiger partial charge in [0, 0.05) is 13.1 Å². The molecule has 2 aromatic rings. The molecule has 3 nitrogen and oxygen atoms in total. The molecule has 1 N–H and O–H groups in total. The van der Waals surface area contributed by atoms with E-state index < -0.39 is 0 Å². The van der Waals surface area contributed by atoms with E-state index in [1.165, 1.54) is 11.1 Å². The van der Waals surface area contributed by atoms with Crippen molar-refractivity contribution in [2.24, 2.45) is 0 Å². The van der Waals surface area contributed by atoms with E-state index in [9.17, 15) is 4.79 Å². The minimum Gasteiger partial charge on any atom is -0.331 e. The fourth-order valence-electron chi connectivity index (χ4n) is 2.97. The molecule has 1 atom stereocenters. The van der Waals surface area contributed by atoms with Crippen LogP contribution in [0.3, 0.4) is 0 Å². The van der Waals surface area contributed by atoms with Gasteiger partial charge in [0.1, 0.15) is 0 Å². The van der Waals surface area contributed by atoms with Crippen LogP contribution in [-0.2, 0) is 6.42 Å². The summed E-state index contributed by atoms with van der Waals surface area (Å²) in [5.41, 5.74) is 2.53. The minimum absolute atomic E-state index is 0.0631. The van der Waals surface area contributed by atoms with Gasteiger partial charge in [-0.2, -0.15) is 0 Å². The standard InChI is InChI=1S/C19H22N2O/c22-19-20-18(17-11-5-2-6-12-17)13-15-21(19)14-7-10-16-8-3-1-4-9-16/h1-6,8-9,11-12,18H,7,10,13-15H2,(H,20,22). The fourth-order valence-corrected chi connectivity index (χ4v) is 2.97. The highest BCUT2D eigenvalue weighted by Gasteiger charge is 2.25. The summed E-state index contributed by atoms with van der Waals surface area (Å²) in [5.74, 6) is 0. The highest BCUT2D eigenvalue weighted by atomic mass is 16.2. The van der Waals surface area contributed by atoms with E-state index in [2.05, 4.69) is 41.7 Å². The van der Waals surface area contributed by atoms with Gasteiger partial charge in [0.05, 0.1) is 6.04 Å². The van der Waals surface area contributed by atoms with Crippen LogP contribution in [0.4, 0.5) is 4.79 Å². The quantitative estimate of drug-likeness (QED) is 0.894. The van der Waals surface area contributed by atoms with Gasteiger partial charge in [-0.3, -0.25) is 0 Å². The van der Waals surface area contributed by atoms with E-state index >= 15 is 0 Å². The van der Waals surface area contributed by atoms with Gasteiger partial charge in [0.15, 0.2) is 0 Å². The van der Waals surface area contributed by atoms with E-state index in [-0.39, 0.29) is 12.1 Å². The fraction of sp³-hybridized carbons (Fsp3) is 0.316. The molecule has 0 radical (unpaired) electrons. The topological polar surface area (TPSA) is 32.3 Å². The first-order valence-electron chi connectivity index (χ1n) is 7.97. The number of carbonyl (C=O) groups is 1. The third-order valence-electron chi connectivity index (χ3n) is 4.21. The summed E-state index contributed by atoms with van der Waals surface area (Å²) < 4.78 is 0. The number of nitrogens with one attached hydrogen (secondary N) is 1. The number of aryl methyl sites for hydroxylation is 1. The van der Waals surface area contributed by atoms with Gasteiger partial charge in [-0.25, -0.2) is 4.79 Å². The average molecular weight is 294 g/mol. The van der Waals surface area contributed by atoms with Gasteiger partial charge in [-0.05, 0) is 30.4 Å². The molecule has 0 spiro atoms. The summed E-state index contributed by atoms with van der Waals surface area (Å²) in [5, 5.41) is 3.12. The van der Waals surface area contributed by atoms with Gasteiger partial charge in [0.25, 0.3) is 0 Å². The summed E-state index contributed by atoms with van der Waals surface area (Å²) >= 11 is 0. The summed E-state index contributed by atoms with van der Waals surface area (Å²) in [6, 6.07) is 20.9. The summed E-state index contributed by atoms with van der Waals surface area (Å²) in [6.07, 6.45) is 3.00. The van der Waals surface area contributed by atoms with Gasteiger partial charge in [-0.1, -0.05) is 60.7 Å². The molecule has 2 aromatic carbocycles. The van der Waals surface area contributed by atoms with Crippen LogP contribution in [0.25, 0.3) is 0 Å². The van der Waals surface area contributed by atoms with Crippen molar-refractivity contribution in [2.75, 3.05) is 13.1 Å². The van der Waals surface area contributed by atoms with Crippen molar-refractivity contribution in [1.82, 2.24) is 10.2 Å². The van der Waals surface area contributed by atoms with Crippen LogP contribution in [0.2, 0.25) is 0 Å². The van der Waals surface area contributed by atoms with Crippen LogP contribution in [0.1, 0.15) is 30.0 Å². The zero-order valence-corrected chi connectivity index (χ0v) is 12.7. The zero-order valence-electron chi connectivity index (χ0n) is 12.7. The molecular weight excluding hydrogens is 272 g/mol. The van der Waals surface area contributed by atoms with E-state index in [1.807, 2.05) is 29.2 Å². The van der Waals surface area contributed by atoms with E-state index in [0.29, 0.717) is 0 Å². The highest BCUT2D eigenvalue weighted by molar-refractivity contribution is 5.75. The summed E-state index contributed by atoms with van der Waals surface area (Å²) in [6.45, 7) is 1.66. The lowest BCUT2D eigenvalue weighted by Crippen LogP contribution is -2.48. The van der Waals surface area contributed by atoms with Crippen molar-refractivity contribution in [3.63, 3.8) is 0 Å². The predicted molar refractivity (Wildman–Crippen MR) is 88.7 cm³/mol. The molecule has 1 heterocycles. The Morgan fingerprint density at radius 2 is 1.68 bits per heavy atom. The van der Waals surface area contributed by atoms with Gasteiger partial charge >= 0.3 is 6.03 Å². The first-order chi connectivity index (χ1) is 10.8. The molecule has 1 aliphatic heterocycles. The molecule has 0 bridgehead atoms. The van der Waals surface area contributed by atoms with Crippen molar-refractivity contribution >= 4 is 6.03 Å². The summed E-state index contributed by atoms with van der Waals surface area (Å²) in [7, 11) is 0. The lowest BCUT2D eigenvalue weighted by molar-refractivity contribution is 0.173. The van der Waals surface area contributed by atoms with Gasteiger partial charge in [0.2, 0.25) is 0 Å². The van der Waals surface area contributed by atoms with Crippen molar-refractivity contribution in [2.45, 2.75) is 25.3 Å². The van der Waals surface area contributed by atoms with Crippen LogP contribution in [0.15, 0.2) is 60.7 Å². The SMILES string of the molecule is O=C1NC(c2ccccc2)CCN1CCCc1ccccc1. The second kappa shape index (κ2) is 7.12. The average Bonchev–Trinajstić information content (AvgIpc) is 2.58. The number of rotatable bonds is 5. The van der Waals surface area contributed by atoms with Crippen molar-refractivity contribution in [3.8, 4) is 0 Å². The smallest absolute Gasteiger partial charge is 0.317 e. The molecule has 1 saturated heterocycles. The molecule has 0 aromatic heterocycles. The maximum absolute atomic E-state index is 12.2. The Morgan fingerprint density at radius 3 is 2.36 bits per heavy atom. The molecule has 22 heavy (non-hydrogen) atoms. The Hall–Kier alpha value is -2.29. The first kappa shape index (κ1) is 14.6. The maximum atomic E-state index is 12.2. The highest BCUT2D eigenvalue weighted by Crippen LogP contribution is 2.21. The number of benzene rings is 2. The lowest BCUT2D eigenvalue weighted by atomic mass is 10.0. The number of amides is 2. The monoisotopic (exact) mass is 294 g/mol. The third kappa shape index (κ3) is 3.67. The molecular formula is C19H22N2O. The largest absolute Gasteiger partial charge is 0.331 e. The van der Waals surface area contributed by atoms with Crippen LogP contribution < -0.4 is 5.32 Å². The molecule has 0 aliphatic carbocycles. The van der Waals surface area contributed by atoms with Crippen LogP contribution in [0.5, 0.6) is 0 Å². The number of urea groups is 1. The van der Waals surface area contributed by atoms with Crippen LogP contribution in [-0.4, -0.2) is 24.0 Å². The Kier molecular flexibility index (Phi) is 4.74. The number of hydrogen-bond acceptors (Lipinski definition) is 1. The number of hydrogen-bond donors (Lipinski definition) is 1. The van der Waals surface area contributed by atoms with Crippen LogP contribution >= 0.6 is 0 Å². The van der Waals surface area contributed by atoms with Crippen molar-refractivity contribution in [1.29, 1.82) is 0 Å². The number of nitrogens with zero attached hydrogens (tertiary/aromatic N) is 1. The van der Waals surface area contributed by atoms with Crippen molar-refractivity contribution in [3.05, 3.63) is 71.8 Å². The third-order valence-corrected chi connectivity index (χ3v) is 4.21. The van der Waals surface area contributed by atoms with Crippen molar-refractivity contribution < 1.29 is 4.79 Å². The van der Waals surface area contributed by atoms with Crippen LogP contribution in [0, 0.1) is 0 Å².